The van der Waals surface area contributed by atoms with Gasteiger partial charge >= 0.3 is 11.7 Å². The van der Waals surface area contributed by atoms with Crippen LogP contribution < -0.4 is 16.3 Å². The van der Waals surface area contributed by atoms with Crippen molar-refractivity contribution in [2.45, 2.75) is 20.0 Å². The van der Waals surface area contributed by atoms with Crippen LogP contribution in [-0.4, -0.2) is 42.0 Å². The number of fused-ring (bicyclic) bond motifs is 3. The van der Waals surface area contributed by atoms with E-state index in [2.05, 4.69) is 10.1 Å². The van der Waals surface area contributed by atoms with E-state index in [1.165, 1.54) is 16.6 Å². The van der Waals surface area contributed by atoms with Crippen molar-refractivity contribution >= 4 is 34.9 Å². The second-order valence-corrected chi connectivity index (χ2v) is 7.03. The largest absolute Gasteiger partial charge is 0.480 e. The Morgan fingerprint density at radius 1 is 1.23 bits per heavy atom. The Balaban J connectivity index is 1.82. The number of hydrogen-bond acceptors (Lipinski definition) is 6. The minimum Gasteiger partial charge on any atom is -0.480 e. The number of anilines is 1. The smallest absolute Gasteiger partial charge is 0.332 e. The molecule has 0 saturated heterocycles. The molecular formula is C20H20N6O4. The average Bonchev–Trinajstić information content (AvgIpc) is 3.09. The first-order valence-corrected chi connectivity index (χ1v) is 9.32. The van der Waals surface area contributed by atoms with Crippen LogP contribution in [0.2, 0.25) is 0 Å². The first kappa shape index (κ1) is 19.4. The van der Waals surface area contributed by atoms with Crippen molar-refractivity contribution in [1.82, 2.24) is 18.7 Å². The Morgan fingerprint density at radius 2 is 1.97 bits per heavy atom. The molecule has 30 heavy (non-hydrogen) atoms. The zero-order valence-electron chi connectivity index (χ0n) is 16.5. The minimum atomic E-state index is -1.08. The molecule has 0 spiro atoms. The fraction of sp³-hybridized carbons (Fsp3) is 0.250. The number of allylic oxidation sites excluding steroid dienone is 1. The highest BCUT2D eigenvalue weighted by atomic mass is 16.4. The molecule has 10 nitrogen and oxygen atoms in total. The van der Waals surface area contributed by atoms with Gasteiger partial charge in [0.2, 0.25) is 5.95 Å². The molecule has 1 aliphatic rings. The predicted molar refractivity (Wildman–Crippen MR) is 113 cm³/mol. The van der Waals surface area contributed by atoms with Gasteiger partial charge in [-0.05, 0) is 12.5 Å². The summed E-state index contributed by atoms with van der Waals surface area (Å²) in [5.74, 6) is -0.855. The number of hydrogen-bond donors (Lipinski definition) is 1. The molecule has 1 aromatic carbocycles. The molecule has 3 heterocycles. The molecule has 2 aromatic heterocycles. The van der Waals surface area contributed by atoms with Gasteiger partial charge in [0.1, 0.15) is 6.54 Å². The third-order valence-corrected chi connectivity index (χ3v) is 4.80. The number of nitrogens with zero attached hydrogens (tertiary/aromatic N) is 6. The monoisotopic (exact) mass is 408 g/mol. The van der Waals surface area contributed by atoms with E-state index in [-0.39, 0.29) is 30.2 Å². The molecule has 0 unspecified atom stereocenters. The van der Waals surface area contributed by atoms with Crippen LogP contribution in [0.15, 0.2) is 51.1 Å². The Labute approximate surface area is 170 Å². The lowest BCUT2D eigenvalue weighted by Gasteiger charge is -2.23. The van der Waals surface area contributed by atoms with Gasteiger partial charge in [-0.3, -0.25) is 23.3 Å². The fourth-order valence-electron chi connectivity index (χ4n) is 3.47. The van der Waals surface area contributed by atoms with Gasteiger partial charge in [0.25, 0.3) is 5.56 Å². The van der Waals surface area contributed by atoms with Crippen molar-refractivity contribution in [2.24, 2.45) is 12.1 Å². The number of carbonyl (C=O) groups is 1. The zero-order chi connectivity index (χ0) is 21.4. The van der Waals surface area contributed by atoms with E-state index < -0.39 is 23.8 Å². The van der Waals surface area contributed by atoms with Crippen LogP contribution in [0.5, 0.6) is 0 Å². The van der Waals surface area contributed by atoms with Crippen LogP contribution in [0.25, 0.3) is 17.2 Å². The number of aromatic nitrogens is 4. The van der Waals surface area contributed by atoms with Crippen molar-refractivity contribution in [3.63, 3.8) is 0 Å². The summed E-state index contributed by atoms with van der Waals surface area (Å²) in [6.07, 6.45) is 3.59. The van der Waals surface area contributed by atoms with Crippen LogP contribution in [-0.2, 0) is 24.9 Å². The van der Waals surface area contributed by atoms with E-state index in [1.54, 1.807) is 17.6 Å². The number of carboxylic acid groups (broad SMARTS) is 1. The maximum atomic E-state index is 13.2. The van der Waals surface area contributed by atoms with Crippen molar-refractivity contribution < 1.29 is 9.90 Å². The summed E-state index contributed by atoms with van der Waals surface area (Å²) in [5.41, 5.74) is 1.05. The van der Waals surface area contributed by atoms with Crippen LogP contribution in [0.1, 0.15) is 12.5 Å². The normalized spacial score (nSPS) is 13.7. The zero-order valence-corrected chi connectivity index (χ0v) is 16.5. The Bertz CT molecular complexity index is 1310. The van der Waals surface area contributed by atoms with E-state index in [1.807, 2.05) is 36.4 Å². The van der Waals surface area contributed by atoms with Crippen molar-refractivity contribution in [2.75, 3.05) is 11.6 Å². The van der Waals surface area contributed by atoms with Crippen LogP contribution in [0.4, 0.5) is 5.95 Å². The molecule has 0 amide bonds. The van der Waals surface area contributed by atoms with E-state index in [0.29, 0.717) is 5.71 Å². The van der Waals surface area contributed by atoms with Crippen molar-refractivity contribution in [1.29, 1.82) is 0 Å². The average molecular weight is 408 g/mol. The fourth-order valence-corrected chi connectivity index (χ4v) is 3.47. The number of aliphatic carboxylic acids is 1. The van der Waals surface area contributed by atoms with Crippen LogP contribution >= 0.6 is 0 Å². The maximum absolute atomic E-state index is 13.2. The molecular weight excluding hydrogens is 388 g/mol. The topological polar surface area (TPSA) is 115 Å². The Kier molecular flexibility index (Phi) is 4.82. The van der Waals surface area contributed by atoms with E-state index >= 15 is 0 Å². The Morgan fingerprint density at radius 3 is 2.67 bits per heavy atom. The second kappa shape index (κ2) is 7.47. The highest BCUT2D eigenvalue weighted by Gasteiger charge is 2.27. The van der Waals surface area contributed by atoms with Gasteiger partial charge in [-0.15, -0.1) is 0 Å². The van der Waals surface area contributed by atoms with Gasteiger partial charge in [0.05, 0.1) is 12.3 Å². The number of hydrazone groups is 1. The van der Waals surface area contributed by atoms with Gasteiger partial charge in [0, 0.05) is 13.6 Å². The molecule has 1 aliphatic heterocycles. The Hall–Kier alpha value is -3.95. The maximum Gasteiger partial charge on any atom is 0.332 e. The number of imidazole rings is 1. The summed E-state index contributed by atoms with van der Waals surface area (Å²) < 4.78 is 4.05. The highest BCUT2D eigenvalue weighted by molar-refractivity contribution is 5.88. The first-order chi connectivity index (χ1) is 14.4. The van der Waals surface area contributed by atoms with Gasteiger partial charge in [-0.1, -0.05) is 42.5 Å². The minimum absolute atomic E-state index is 0.1000. The molecule has 0 saturated carbocycles. The summed E-state index contributed by atoms with van der Waals surface area (Å²) in [6.45, 7) is 1.73. The molecule has 0 radical (unpaired) electrons. The lowest BCUT2D eigenvalue weighted by atomic mass is 10.2. The van der Waals surface area contributed by atoms with Crippen LogP contribution in [0.3, 0.4) is 0 Å². The van der Waals surface area contributed by atoms with Gasteiger partial charge in [-0.25, -0.2) is 9.80 Å². The summed E-state index contributed by atoms with van der Waals surface area (Å²) >= 11 is 0. The third kappa shape index (κ3) is 3.32. The second-order valence-electron chi connectivity index (χ2n) is 7.03. The summed E-state index contributed by atoms with van der Waals surface area (Å²) in [6, 6.07) is 9.57. The number of benzene rings is 1. The SMILES string of the molecule is CC1=NN(CC(=O)O)c2nc3c(c(=O)n(C/C=C/c4ccccc4)c(=O)n3C)n2C1. The summed E-state index contributed by atoms with van der Waals surface area (Å²) in [4.78, 5) is 41.5. The number of rotatable bonds is 5. The van der Waals surface area contributed by atoms with E-state index in [0.717, 1.165) is 10.1 Å². The molecule has 3 aromatic rings. The van der Waals surface area contributed by atoms with Crippen LogP contribution in [0, 0.1) is 0 Å². The molecule has 10 heteroatoms. The first-order valence-electron chi connectivity index (χ1n) is 9.32. The molecule has 1 N–H and O–H groups in total. The van der Waals surface area contributed by atoms with Gasteiger partial charge < -0.3 is 5.11 Å². The van der Waals surface area contributed by atoms with Crippen molar-refractivity contribution in [3.8, 4) is 0 Å². The molecule has 0 fully saturated rings. The number of carboxylic acids is 1. The quantitative estimate of drug-likeness (QED) is 0.671. The molecule has 0 atom stereocenters. The molecule has 154 valence electrons. The van der Waals surface area contributed by atoms with Gasteiger partial charge in [-0.2, -0.15) is 10.1 Å². The van der Waals surface area contributed by atoms with Crippen molar-refractivity contribution in [3.05, 3.63) is 62.8 Å². The molecule has 0 aliphatic carbocycles. The third-order valence-electron chi connectivity index (χ3n) is 4.80. The standard InChI is InChI=1S/C20H20N6O4/c1-13-11-25-16-17(21-19(25)26(22-13)12-15(27)28)23(2)20(30)24(18(16)29)10-6-9-14-7-4-3-5-8-14/h3-9H,10-12H2,1-2H3,(H,27,28)/b9-6+. The lowest BCUT2D eigenvalue weighted by Crippen LogP contribution is -2.40. The molecule has 4 rings (SSSR count). The summed E-state index contributed by atoms with van der Waals surface area (Å²) in [7, 11) is 1.54. The van der Waals surface area contributed by atoms with E-state index in [4.69, 9.17) is 5.11 Å². The number of aryl methyl sites for hydroxylation is 1. The van der Waals surface area contributed by atoms with Gasteiger partial charge in [0.15, 0.2) is 11.2 Å². The lowest BCUT2D eigenvalue weighted by molar-refractivity contribution is -0.135. The highest BCUT2D eigenvalue weighted by Crippen LogP contribution is 2.23. The summed E-state index contributed by atoms with van der Waals surface area (Å²) in [5, 5.41) is 14.6. The molecule has 0 bridgehead atoms. The van der Waals surface area contributed by atoms with E-state index in [9.17, 15) is 14.4 Å². The predicted octanol–water partition coefficient (Wildman–Crippen LogP) is 0.891.